The number of likely N-dealkylation sites (tertiary alicyclic amines) is 1. The molecule has 4 amide bonds. The summed E-state index contributed by atoms with van der Waals surface area (Å²) in [6.07, 6.45) is 8.15. The molecule has 4 heterocycles. The van der Waals surface area contributed by atoms with E-state index >= 15 is 0 Å². The fourth-order valence-electron chi connectivity index (χ4n) is 5.03. The van der Waals surface area contributed by atoms with Gasteiger partial charge in [-0.3, -0.25) is 14.5 Å². The molecule has 190 valence electrons. The largest absolute Gasteiger partial charge is 0.490 e. The van der Waals surface area contributed by atoms with Gasteiger partial charge in [0.2, 0.25) is 5.91 Å². The highest BCUT2D eigenvalue weighted by molar-refractivity contribution is 7.21. The smallest absolute Gasteiger partial charge is 0.331 e. The molecule has 1 aliphatic carbocycles. The van der Waals surface area contributed by atoms with Crippen LogP contribution in [0.15, 0.2) is 49.2 Å². The average Bonchev–Trinajstić information content (AvgIpc) is 3.26. The molecule has 0 bridgehead atoms. The van der Waals surface area contributed by atoms with Crippen molar-refractivity contribution in [1.29, 1.82) is 0 Å². The number of benzene rings is 1. The van der Waals surface area contributed by atoms with E-state index in [2.05, 4.69) is 22.2 Å². The van der Waals surface area contributed by atoms with Gasteiger partial charge < -0.3 is 20.3 Å². The fourth-order valence-corrected chi connectivity index (χ4v) is 6.05. The third kappa shape index (κ3) is 4.31. The summed E-state index contributed by atoms with van der Waals surface area (Å²) in [6.45, 7) is 4.64. The summed E-state index contributed by atoms with van der Waals surface area (Å²) in [7, 11) is 0. The van der Waals surface area contributed by atoms with Gasteiger partial charge in [-0.25, -0.2) is 9.78 Å². The van der Waals surface area contributed by atoms with Crippen molar-refractivity contribution in [1.82, 2.24) is 15.2 Å². The molecule has 2 aliphatic heterocycles. The number of piperidine rings is 1. The summed E-state index contributed by atoms with van der Waals surface area (Å²) in [5.41, 5.74) is 1.84. The second-order valence-corrected chi connectivity index (χ2v) is 10.5. The molecule has 10 heteroatoms. The highest BCUT2D eigenvalue weighted by Gasteiger charge is 2.34. The number of aromatic nitrogens is 1. The number of urea groups is 1. The van der Waals surface area contributed by atoms with Gasteiger partial charge in [0, 0.05) is 25.3 Å². The summed E-state index contributed by atoms with van der Waals surface area (Å²) >= 11 is 1.25. The maximum atomic E-state index is 13.3. The monoisotopic (exact) mass is 517 g/mol. The first-order valence-corrected chi connectivity index (χ1v) is 13.3. The second kappa shape index (κ2) is 9.51. The molecule has 37 heavy (non-hydrogen) atoms. The van der Waals surface area contributed by atoms with Crippen LogP contribution in [0, 0.1) is 0 Å². The molecular weight excluding hydrogens is 490 g/mol. The van der Waals surface area contributed by atoms with Crippen molar-refractivity contribution in [2.45, 2.75) is 44.2 Å². The standard InChI is InChI=1S/C27H27N5O4S/c1-2-21(33)31-14-4-5-16(15-31)29-25(34)24-23-22-20(12-13-28-26(22)37-24)32(27(35)30-23)17-8-10-19(11-9-17)36-18-6-3-7-18/h2,8-13,16,18H,1,3-7,14-15H2,(H,29,34)(H,30,35). The summed E-state index contributed by atoms with van der Waals surface area (Å²) in [5.74, 6) is 0.366. The van der Waals surface area contributed by atoms with Gasteiger partial charge in [0.25, 0.3) is 5.91 Å². The van der Waals surface area contributed by atoms with Crippen molar-refractivity contribution in [2.24, 2.45) is 0 Å². The molecule has 0 spiro atoms. The van der Waals surface area contributed by atoms with Crippen LogP contribution in [0.3, 0.4) is 0 Å². The number of nitrogens with one attached hydrogen (secondary N) is 2. The van der Waals surface area contributed by atoms with E-state index in [4.69, 9.17) is 4.74 Å². The molecule has 2 N–H and O–H groups in total. The van der Waals surface area contributed by atoms with E-state index in [1.807, 2.05) is 24.3 Å². The molecule has 3 aromatic rings. The third-order valence-electron chi connectivity index (χ3n) is 7.14. The molecule has 2 aromatic heterocycles. The number of rotatable bonds is 6. The Labute approximate surface area is 218 Å². The van der Waals surface area contributed by atoms with Crippen molar-refractivity contribution in [3.05, 3.63) is 54.1 Å². The number of thiophene rings is 1. The van der Waals surface area contributed by atoms with Crippen LogP contribution in [0.2, 0.25) is 0 Å². The van der Waals surface area contributed by atoms with Crippen LogP contribution in [0.1, 0.15) is 41.8 Å². The number of pyridine rings is 1. The van der Waals surface area contributed by atoms with Crippen molar-refractivity contribution in [3.8, 4) is 5.75 Å². The molecule has 9 nitrogen and oxygen atoms in total. The predicted octanol–water partition coefficient (Wildman–Crippen LogP) is 4.82. The van der Waals surface area contributed by atoms with Gasteiger partial charge in [0.15, 0.2) is 0 Å². The van der Waals surface area contributed by atoms with E-state index in [0.717, 1.165) is 36.8 Å². The number of hydrogen-bond acceptors (Lipinski definition) is 6. The van der Waals surface area contributed by atoms with E-state index in [-0.39, 0.29) is 30.0 Å². The van der Waals surface area contributed by atoms with Crippen molar-refractivity contribution in [2.75, 3.05) is 23.3 Å². The molecule has 1 saturated heterocycles. The first-order chi connectivity index (χ1) is 18.0. The minimum atomic E-state index is -0.347. The van der Waals surface area contributed by atoms with E-state index in [0.29, 0.717) is 39.9 Å². The minimum absolute atomic E-state index is 0.139. The van der Waals surface area contributed by atoms with Gasteiger partial charge in [-0.15, -0.1) is 11.3 Å². The van der Waals surface area contributed by atoms with Gasteiger partial charge in [-0.2, -0.15) is 0 Å². The zero-order valence-electron chi connectivity index (χ0n) is 20.2. The maximum Gasteiger partial charge on any atom is 0.331 e. The summed E-state index contributed by atoms with van der Waals surface area (Å²) in [5, 5.41) is 6.71. The Hall–Kier alpha value is -3.92. The Bertz CT molecular complexity index is 1400. The minimum Gasteiger partial charge on any atom is -0.490 e. The number of ether oxygens (including phenoxy) is 1. The fraction of sp³-hybridized carbons (Fsp3) is 0.333. The van der Waals surface area contributed by atoms with Crippen LogP contribution in [0.4, 0.5) is 21.9 Å². The van der Waals surface area contributed by atoms with Gasteiger partial charge in [-0.05, 0) is 68.5 Å². The van der Waals surface area contributed by atoms with Gasteiger partial charge in [0.1, 0.15) is 15.5 Å². The van der Waals surface area contributed by atoms with Gasteiger partial charge in [-0.1, -0.05) is 6.58 Å². The van der Waals surface area contributed by atoms with Crippen molar-refractivity contribution in [3.63, 3.8) is 0 Å². The van der Waals surface area contributed by atoms with Gasteiger partial charge >= 0.3 is 6.03 Å². The number of amides is 4. The Morgan fingerprint density at radius 1 is 1.16 bits per heavy atom. The number of hydrogen-bond donors (Lipinski definition) is 2. The number of carbonyl (C=O) groups excluding carboxylic acids is 3. The molecule has 6 rings (SSSR count). The molecule has 1 aromatic carbocycles. The highest BCUT2D eigenvalue weighted by Crippen LogP contribution is 2.45. The molecular formula is C27H27N5O4S. The first-order valence-electron chi connectivity index (χ1n) is 12.5. The van der Waals surface area contributed by atoms with Crippen LogP contribution < -0.4 is 20.3 Å². The average molecular weight is 518 g/mol. The first kappa shape index (κ1) is 23.5. The lowest BCUT2D eigenvalue weighted by atomic mass is 9.96. The summed E-state index contributed by atoms with van der Waals surface area (Å²) in [4.78, 5) is 47.5. The Morgan fingerprint density at radius 2 is 1.97 bits per heavy atom. The SMILES string of the molecule is C=CC(=O)N1CCCC(NC(=O)c2sc3nccc4c3c2NC(=O)N4c2ccc(OC3CCC3)cc2)C1. The zero-order valence-corrected chi connectivity index (χ0v) is 21.1. The molecule has 2 fully saturated rings. The van der Waals surface area contributed by atoms with E-state index in [1.54, 1.807) is 22.1 Å². The van der Waals surface area contributed by atoms with Crippen LogP contribution in [0.25, 0.3) is 10.2 Å². The number of carbonyl (C=O) groups is 3. The van der Waals surface area contributed by atoms with Crippen molar-refractivity contribution >= 4 is 56.5 Å². The number of anilines is 3. The van der Waals surface area contributed by atoms with E-state index in [1.165, 1.54) is 23.8 Å². The maximum absolute atomic E-state index is 13.3. The highest BCUT2D eigenvalue weighted by atomic mass is 32.1. The van der Waals surface area contributed by atoms with Crippen LogP contribution in [0.5, 0.6) is 5.75 Å². The number of nitrogens with zero attached hydrogens (tertiary/aromatic N) is 3. The molecule has 1 saturated carbocycles. The molecule has 1 atom stereocenters. The van der Waals surface area contributed by atoms with E-state index < -0.39 is 0 Å². The lowest BCUT2D eigenvalue weighted by Crippen LogP contribution is -2.49. The lowest BCUT2D eigenvalue weighted by Gasteiger charge is -2.32. The van der Waals surface area contributed by atoms with Crippen LogP contribution >= 0.6 is 11.3 Å². The Kier molecular flexibility index (Phi) is 6.03. The molecule has 1 unspecified atom stereocenters. The molecule has 3 aliphatic rings. The van der Waals surface area contributed by atoms with E-state index in [9.17, 15) is 14.4 Å². The van der Waals surface area contributed by atoms with Crippen LogP contribution in [-0.4, -0.2) is 53.0 Å². The quantitative estimate of drug-likeness (QED) is 0.457. The second-order valence-electron chi connectivity index (χ2n) is 9.55. The van der Waals surface area contributed by atoms with Crippen LogP contribution in [-0.2, 0) is 4.79 Å². The zero-order chi connectivity index (χ0) is 25.5. The summed E-state index contributed by atoms with van der Waals surface area (Å²) < 4.78 is 5.95. The van der Waals surface area contributed by atoms with Crippen molar-refractivity contribution < 1.29 is 19.1 Å². The Morgan fingerprint density at radius 3 is 2.70 bits per heavy atom. The normalized spacial score (nSPS) is 19.2. The predicted molar refractivity (Wildman–Crippen MR) is 143 cm³/mol. The third-order valence-corrected chi connectivity index (χ3v) is 8.24. The topological polar surface area (TPSA) is 104 Å². The Balaban J connectivity index is 1.27. The lowest BCUT2D eigenvalue weighted by molar-refractivity contribution is -0.127. The molecule has 0 radical (unpaired) electrons. The summed E-state index contributed by atoms with van der Waals surface area (Å²) in [6, 6.07) is 8.76. The van der Waals surface area contributed by atoms with Gasteiger partial charge in [0.05, 0.1) is 28.6 Å².